The van der Waals surface area contributed by atoms with Crippen LogP contribution in [-0.4, -0.2) is 35.5 Å². The molecule has 1 amide bonds. The maximum atomic E-state index is 11.6. The van der Waals surface area contributed by atoms with Crippen molar-refractivity contribution < 1.29 is 4.79 Å². The number of amides is 1. The molecule has 3 nitrogen and oxygen atoms in total. The zero-order chi connectivity index (χ0) is 12.5. The first-order chi connectivity index (χ1) is 8.26. The average molecular weight is 252 g/mol. The first-order valence-electron chi connectivity index (χ1n) is 5.97. The summed E-state index contributed by atoms with van der Waals surface area (Å²) in [6, 6.07) is 9.54. The largest absolute Gasteiger partial charge is 0.317 e. The summed E-state index contributed by atoms with van der Waals surface area (Å²) >= 11 is 1.34. The predicted octanol–water partition coefficient (Wildman–Crippen LogP) is 3.29. The molecule has 0 unspecified atom stereocenters. The van der Waals surface area contributed by atoms with Crippen molar-refractivity contribution in [3.8, 4) is 0 Å². The lowest BCUT2D eigenvalue weighted by Gasteiger charge is -2.16. The van der Waals surface area contributed by atoms with Crippen LogP contribution in [0.25, 0.3) is 0 Å². The third-order valence-electron chi connectivity index (χ3n) is 2.56. The van der Waals surface area contributed by atoms with Gasteiger partial charge in [0.25, 0.3) is 5.24 Å². The van der Waals surface area contributed by atoms with Gasteiger partial charge in [-0.05, 0) is 25.2 Å². The molecular formula is C13H20N2OS. The monoisotopic (exact) mass is 252 g/mol. The molecule has 0 aliphatic carbocycles. The highest BCUT2D eigenvalue weighted by Crippen LogP contribution is 2.10. The van der Waals surface area contributed by atoms with Crippen LogP contribution in [0.5, 0.6) is 0 Å². The lowest BCUT2D eigenvalue weighted by atomic mass is 10.3. The standard InChI is InChI=1S/C13H20N2OS/c1-3-15(4-2)10-11-17-13(16)14-12-8-6-5-7-9-12/h5-9H,3-4,10-11H2,1-2H3,(H,14,16). The number of nitrogens with zero attached hydrogens (tertiary/aromatic N) is 1. The Labute approximate surface area is 108 Å². The number of hydrogen-bond donors (Lipinski definition) is 1. The van der Waals surface area contributed by atoms with E-state index in [1.807, 2.05) is 30.3 Å². The van der Waals surface area contributed by atoms with Crippen LogP contribution in [0, 0.1) is 0 Å². The third kappa shape index (κ3) is 5.75. The number of anilines is 1. The molecule has 0 spiro atoms. The Balaban J connectivity index is 2.22. The molecule has 94 valence electrons. The van der Waals surface area contributed by atoms with Gasteiger partial charge < -0.3 is 10.2 Å². The second-order valence-electron chi connectivity index (χ2n) is 3.65. The van der Waals surface area contributed by atoms with Gasteiger partial charge in [0.15, 0.2) is 0 Å². The van der Waals surface area contributed by atoms with E-state index in [1.54, 1.807) is 0 Å². The van der Waals surface area contributed by atoms with Gasteiger partial charge in [-0.1, -0.05) is 43.8 Å². The summed E-state index contributed by atoms with van der Waals surface area (Å²) in [6.07, 6.45) is 0. The molecule has 4 heteroatoms. The average Bonchev–Trinajstić information content (AvgIpc) is 2.36. The lowest BCUT2D eigenvalue weighted by molar-refractivity contribution is 0.269. The fourth-order valence-electron chi connectivity index (χ4n) is 1.48. The van der Waals surface area contributed by atoms with Crippen molar-refractivity contribution in [3.05, 3.63) is 30.3 Å². The lowest BCUT2D eigenvalue weighted by Crippen LogP contribution is -2.26. The molecule has 0 radical (unpaired) electrons. The van der Waals surface area contributed by atoms with Crippen LogP contribution in [0.3, 0.4) is 0 Å². The quantitative estimate of drug-likeness (QED) is 0.843. The minimum absolute atomic E-state index is 0.0170. The fourth-order valence-corrected chi connectivity index (χ4v) is 2.21. The van der Waals surface area contributed by atoms with Gasteiger partial charge in [-0.3, -0.25) is 4.79 Å². The van der Waals surface area contributed by atoms with E-state index in [9.17, 15) is 4.79 Å². The number of thioether (sulfide) groups is 1. The zero-order valence-electron chi connectivity index (χ0n) is 10.5. The van der Waals surface area contributed by atoms with Crippen LogP contribution in [0.1, 0.15) is 13.8 Å². The molecule has 0 saturated carbocycles. The minimum Gasteiger partial charge on any atom is -0.317 e. The first-order valence-corrected chi connectivity index (χ1v) is 6.96. The molecule has 1 rings (SSSR count). The number of benzene rings is 1. The molecule has 0 saturated heterocycles. The van der Waals surface area contributed by atoms with Crippen molar-refractivity contribution in [3.63, 3.8) is 0 Å². The van der Waals surface area contributed by atoms with Crippen molar-refractivity contribution in [2.24, 2.45) is 0 Å². The van der Waals surface area contributed by atoms with E-state index in [-0.39, 0.29) is 5.24 Å². The summed E-state index contributed by atoms with van der Waals surface area (Å²) < 4.78 is 0. The molecule has 0 bridgehead atoms. The Bertz CT molecular complexity index is 325. The normalized spacial score (nSPS) is 10.5. The van der Waals surface area contributed by atoms with Gasteiger partial charge in [-0.2, -0.15) is 0 Å². The molecule has 0 fully saturated rings. The minimum atomic E-state index is 0.0170. The Kier molecular flexibility index (Phi) is 6.74. The van der Waals surface area contributed by atoms with E-state index < -0.39 is 0 Å². The molecule has 17 heavy (non-hydrogen) atoms. The maximum Gasteiger partial charge on any atom is 0.283 e. The van der Waals surface area contributed by atoms with Crippen molar-refractivity contribution in [2.75, 3.05) is 30.7 Å². The molecular weight excluding hydrogens is 232 g/mol. The number of rotatable bonds is 6. The summed E-state index contributed by atoms with van der Waals surface area (Å²) in [5, 5.41) is 2.87. The van der Waals surface area contributed by atoms with Gasteiger partial charge in [0.05, 0.1) is 0 Å². The van der Waals surface area contributed by atoms with Crippen molar-refractivity contribution in [1.82, 2.24) is 4.90 Å². The third-order valence-corrected chi connectivity index (χ3v) is 3.31. The van der Waals surface area contributed by atoms with Crippen LogP contribution in [0.15, 0.2) is 30.3 Å². The van der Waals surface area contributed by atoms with E-state index in [0.717, 1.165) is 31.1 Å². The second kappa shape index (κ2) is 8.14. The van der Waals surface area contributed by atoms with E-state index >= 15 is 0 Å². The molecule has 0 aromatic heterocycles. The highest BCUT2D eigenvalue weighted by Gasteiger charge is 2.04. The van der Waals surface area contributed by atoms with Crippen molar-refractivity contribution >= 4 is 22.7 Å². The van der Waals surface area contributed by atoms with Gasteiger partial charge in [-0.25, -0.2) is 0 Å². The second-order valence-corrected chi connectivity index (χ2v) is 4.72. The van der Waals surface area contributed by atoms with Crippen LogP contribution in [0.4, 0.5) is 10.5 Å². The van der Waals surface area contributed by atoms with Gasteiger partial charge in [0.1, 0.15) is 0 Å². The van der Waals surface area contributed by atoms with Crippen LogP contribution >= 0.6 is 11.8 Å². The predicted molar refractivity (Wildman–Crippen MR) is 75.7 cm³/mol. The molecule has 0 aliphatic heterocycles. The number of carbonyl (C=O) groups excluding carboxylic acids is 1. The Morgan fingerprint density at radius 3 is 2.47 bits per heavy atom. The van der Waals surface area contributed by atoms with E-state index in [1.165, 1.54) is 11.8 Å². The highest BCUT2D eigenvalue weighted by molar-refractivity contribution is 8.13. The molecule has 0 atom stereocenters. The molecule has 0 aliphatic rings. The highest BCUT2D eigenvalue weighted by atomic mass is 32.2. The summed E-state index contributed by atoms with van der Waals surface area (Å²) in [6.45, 7) is 7.31. The van der Waals surface area contributed by atoms with Crippen LogP contribution in [0.2, 0.25) is 0 Å². The number of para-hydroxylation sites is 1. The summed E-state index contributed by atoms with van der Waals surface area (Å²) in [5.74, 6) is 0.834. The number of hydrogen-bond acceptors (Lipinski definition) is 3. The molecule has 1 N–H and O–H groups in total. The molecule has 1 aromatic carbocycles. The molecule has 1 aromatic rings. The smallest absolute Gasteiger partial charge is 0.283 e. The Morgan fingerprint density at radius 2 is 1.88 bits per heavy atom. The summed E-state index contributed by atoms with van der Waals surface area (Å²) in [4.78, 5) is 13.9. The van der Waals surface area contributed by atoms with Gasteiger partial charge in [0.2, 0.25) is 0 Å². The Morgan fingerprint density at radius 1 is 1.24 bits per heavy atom. The first kappa shape index (κ1) is 14.1. The Hall–Kier alpha value is -1.00. The van der Waals surface area contributed by atoms with Crippen LogP contribution in [-0.2, 0) is 0 Å². The van der Waals surface area contributed by atoms with E-state index in [4.69, 9.17) is 0 Å². The van der Waals surface area contributed by atoms with E-state index in [0.29, 0.717) is 0 Å². The maximum absolute atomic E-state index is 11.6. The topological polar surface area (TPSA) is 32.3 Å². The van der Waals surface area contributed by atoms with Crippen molar-refractivity contribution in [1.29, 1.82) is 0 Å². The zero-order valence-corrected chi connectivity index (χ0v) is 11.3. The molecule has 0 heterocycles. The van der Waals surface area contributed by atoms with E-state index in [2.05, 4.69) is 24.1 Å². The van der Waals surface area contributed by atoms with Gasteiger partial charge in [-0.15, -0.1) is 0 Å². The number of carbonyl (C=O) groups is 1. The number of nitrogens with one attached hydrogen (secondary N) is 1. The van der Waals surface area contributed by atoms with Crippen LogP contribution < -0.4 is 5.32 Å². The van der Waals surface area contributed by atoms with Gasteiger partial charge >= 0.3 is 0 Å². The van der Waals surface area contributed by atoms with Gasteiger partial charge in [0, 0.05) is 18.0 Å². The fraction of sp³-hybridized carbons (Fsp3) is 0.462. The summed E-state index contributed by atoms with van der Waals surface area (Å²) in [7, 11) is 0. The summed E-state index contributed by atoms with van der Waals surface area (Å²) in [5.41, 5.74) is 0.854. The van der Waals surface area contributed by atoms with Crippen molar-refractivity contribution in [2.45, 2.75) is 13.8 Å². The SMILES string of the molecule is CCN(CC)CCSC(=O)Nc1ccccc1.